The fourth-order valence-electron chi connectivity index (χ4n) is 7.40. The zero-order chi connectivity index (χ0) is 34.8. The van der Waals surface area contributed by atoms with Crippen molar-refractivity contribution in [3.63, 3.8) is 0 Å². The van der Waals surface area contributed by atoms with E-state index in [0.29, 0.717) is 34.3 Å². The van der Waals surface area contributed by atoms with Gasteiger partial charge in [-0.15, -0.1) is 0 Å². The van der Waals surface area contributed by atoms with Gasteiger partial charge in [-0.25, -0.2) is 0 Å². The van der Waals surface area contributed by atoms with E-state index in [0.717, 1.165) is 33.6 Å². The minimum Gasteiger partial charge on any atom is -0.504 e. The number of benzene rings is 3. The van der Waals surface area contributed by atoms with Gasteiger partial charge < -0.3 is 34.3 Å². The highest BCUT2D eigenvalue weighted by atomic mass is 127. The van der Waals surface area contributed by atoms with Crippen LogP contribution < -0.4 is 19.8 Å². The zero-order valence-corrected chi connectivity index (χ0v) is 29.4. The Morgan fingerprint density at radius 3 is 2.57 bits per heavy atom. The summed E-state index contributed by atoms with van der Waals surface area (Å²) < 4.78 is 18.5. The molecule has 0 aromatic heterocycles. The van der Waals surface area contributed by atoms with Crippen molar-refractivity contribution in [2.75, 3.05) is 18.6 Å². The number of fused-ring (bicyclic) bond motifs is 3. The van der Waals surface area contributed by atoms with Gasteiger partial charge in [-0.3, -0.25) is 14.5 Å². The van der Waals surface area contributed by atoms with Crippen molar-refractivity contribution in [2.24, 2.45) is 17.8 Å². The van der Waals surface area contributed by atoms with Crippen molar-refractivity contribution in [1.29, 1.82) is 0 Å². The molecule has 2 heterocycles. The van der Waals surface area contributed by atoms with Crippen molar-refractivity contribution in [3.05, 3.63) is 92.6 Å². The molecule has 10 nitrogen and oxygen atoms in total. The molecular formula is C36H38B2INO9. The Morgan fingerprint density at radius 2 is 1.86 bits per heavy atom. The summed E-state index contributed by atoms with van der Waals surface area (Å²) in [5, 5.41) is 40.8. The van der Waals surface area contributed by atoms with E-state index in [9.17, 15) is 29.8 Å². The third kappa shape index (κ3) is 7.32. The molecule has 3 aromatic carbocycles. The molecule has 2 amide bonds. The topological polar surface area (TPSA) is 146 Å². The molecule has 0 radical (unpaired) electrons. The van der Waals surface area contributed by atoms with Crippen LogP contribution in [-0.2, 0) is 14.2 Å². The number of amides is 2. The average molecular weight is 777 g/mol. The number of rotatable bonds is 11. The highest BCUT2D eigenvalue weighted by molar-refractivity contribution is 14.1. The molecule has 2 fully saturated rings. The van der Waals surface area contributed by atoms with Gasteiger partial charge in [0.05, 0.1) is 34.3 Å². The number of phenolic OH excluding ortho intramolecular Hbond substituents is 1. The Morgan fingerprint density at radius 1 is 1.08 bits per heavy atom. The van der Waals surface area contributed by atoms with Crippen LogP contribution in [0, 0.1) is 21.3 Å². The minimum atomic E-state index is -1.75. The number of hydrogen-bond acceptors (Lipinski definition) is 9. The molecule has 2 saturated heterocycles. The van der Waals surface area contributed by atoms with E-state index >= 15 is 0 Å². The van der Waals surface area contributed by atoms with Crippen molar-refractivity contribution < 1.29 is 43.9 Å². The van der Waals surface area contributed by atoms with E-state index in [-0.39, 0.29) is 41.6 Å². The Balaban J connectivity index is 1.33. The molecule has 2 aliphatic heterocycles. The van der Waals surface area contributed by atoms with Crippen LogP contribution in [0.25, 0.3) is 6.08 Å². The Kier molecular flexibility index (Phi) is 10.8. The maximum atomic E-state index is 14.2. The van der Waals surface area contributed by atoms with Gasteiger partial charge in [0.2, 0.25) is 11.8 Å². The zero-order valence-electron chi connectivity index (χ0n) is 27.3. The Bertz CT molecular complexity index is 1780. The lowest BCUT2D eigenvalue weighted by molar-refractivity contribution is -0.122. The third-order valence-electron chi connectivity index (χ3n) is 9.71. The number of ether oxygens (including phenoxy) is 2. The predicted molar refractivity (Wildman–Crippen MR) is 195 cm³/mol. The van der Waals surface area contributed by atoms with Gasteiger partial charge in [0.15, 0.2) is 11.5 Å². The largest absolute Gasteiger partial charge is 0.504 e. The summed E-state index contributed by atoms with van der Waals surface area (Å²) in [7, 11) is -1.37. The summed E-state index contributed by atoms with van der Waals surface area (Å²) in [4.78, 5) is 29.3. The molecule has 0 spiro atoms. The number of hydrogen-bond donors (Lipinski definition) is 4. The lowest BCUT2D eigenvalue weighted by Gasteiger charge is -2.43. The molecular weight excluding hydrogens is 739 g/mol. The summed E-state index contributed by atoms with van der Waals surface area (Å²) in [5.41, 5.74) is 4.26. The molecule has 3 aromatic rings. The standard InChI is InChI=1S/C36H38B2INO9/c1-3-21(14-22-15-29(39)34(41)31(16-22)47-2)12-13-30-32-23(20-48-26-10-5-4-6-11-26)17-27-33(28(32)19-37(44)49-30)36(43)40(35(27)42)25-9-7-8-24(18-25)38(45)46/h4-11,14-16,18,27-28,30,33,41,44-46H,3,12-13,17,19-20H2,1-2H3/b21-14+/t27-,28+,30-,33-/m1/s1. The van der Waals surface area contributed by atoms with E-state index in [4.69, 9.17) is 14.1 Å². The fourth-order valence-corrected chi connectivity index (χ4v) is 8.02. The van der Waals surface area contributed by atoms with Gasteiger partial charge in [-0.1, -0.05) is 48.9 Å². The summed E-state index contributed by atoms with van der Waals surface area (Å²) in [6, 6.07) is 19.2. The molecule has 254 valence electrons. The monoisotopic (exact) mass is 777 g/mol. The smallest absolute Gasteiger partial charge is 0.488 e. The van der Waals surface area contributed by atoms with Crippen LogP contribution in [0.5, 0.6) is 17.2 Å². The maximum absolute atomic E-state index is 14.2. The van der Waals surface area contributed by atoms with Crippen LogP contribution in [-0.4, -0.2) is 66.1 Å². The molecule has 1 aliphatic carbocycles. The first-order valence-corrected chi connectivity index (χ1v) is 17.5. The summed E-state index contributed by atoms with van der Waals surface area (Å²) in [6.07, 6.45) is 3.94. The number of methoxy groups -OCH3 is 1. The van der Waals surface area contributed by atoms with Crippen molar-refractivity contribution >= 4 is 65.9 Å². The van der Waals surface area contributed by atoms with Gasteiger partial charge in [0, 0.05) is 0 Å². The first-order chi connectivity index (χ1) is 23.6. The van der Waals surface area contributed by atoms with Gasteiger partial charge in [0.1, 0.15) is 12.4 Å². The van der Waals surface area contributed by atoms with Crippen molar-refractivity contribution in [2.45, 2.75) is 45.0 Å². The average Bonchev–Trinajstić information content (AvgIpc) is 3.35. The van der Waals surface area contributed by atoms with Gasteiger partial charge >= 0.3 is 14.2 Å². The van der Waals surface area contributed by atoms with E-state index in [2.05, 4.69) is 35.6 Å². The van der Waals surface area contributed by atoms with E-state index in [1.807, 2.05) is 36.4 Å². The van der Waals surface area contributed by atoms with Gasteiger partial charge in [-0.2, -0.15) is 0 Å². The number of phenols is 1. The fraction of sp³-hybridized carbons (Fsp3) is 0.333. The molecule has 6 rings (SSSR count). The number of allylic oxidation sites excluding steroid dienone is 1. The molecule has 0 saturated carbocycles. The number of para-hydroxylation sites is 1. The first kappa shape index (κ1) is 35.2. The highest BCUT2D eigenvalue weighted by Gasteiger charge is 2.57. The molecule has 0 unspecified atom stereocenters. The number of aromatic hydroxyl groups is 1. The number of carbonyl (C=O) groups is 2. The Labute approximate surface area is 299 Å². The van der Waals surface area contributed by atoms with E-state index in [1.165, 1.54) is 19.2 Å². The van der Waals surface area contributed by atoms with Crippen LogP contribution in [0.2, 0.25) is 6.32 Å². The Hall–Kier alpha value is -3.62. The number of nitrogens with zero attached hydrogens (tertiary/aromatic N) is 1. The third-order valence-corrected chi connectivity index (χ3v) is 10.5. The van der Waals surface area contributed by atoms with Gasteiger partial charge in [0.25, 0.3) is 0 Å². The SMILES string of the molecule is CC/C(=C\c1cc(I)c(O)c(OC)c1)CC[C@H]1OB(O)C[C@H]2C1=C(COc1ccccc1)C[C@H]1C(=O)N(c3cccc(B(O)O)c3)C(=O)[C@H]12. The maximum Gasteiger partial charge on any atom is 0.488 e. The molecule has 3 aliphatic rings. The van der Waals surface area contributed by atoms with Crippen LogP contribution >= 0.6 is 22.6 Å². The van der Waals surface area contributed by atoms with Crippen molar-refractivity contribution in [3.8, 4) is 17.2 Å². The van der Waals surface area contributed by atoms with Crippen LogP contribution in [0.3, 0.4) is 0 Å². The molecule has 49 heavy (non-hydrogen) atoms. The first-order valence-electron chi connectivity index (χ1n) is 16.4. The number of halogens is 1. The second-order valence-electron chi connectivity index (χ2n) is 12.6. The molecule has 13 heteroatoms. The second kappa shape index (κ2) is 15.1. The highest BCUT2D eigenvalue weighted by Crippen LogP contribution is 2.51. The summed E-state index contributed by atoms with van der Waals surface area (Å²) >= 11 is 2.07. The van der Waals surface area contributed by atoms with Crippen LogP contribution in [0.15, 0.2) is 83.4 Å². The lowest BCUT2D eigenvalue weighted by Crippen LogP contribution is -2.46. The molecule has 4 N–H and O–H groups in total. The van der Waals surface area contributed by atoms with Crippen molar-refractivity contribution in [1.82, 2.24) is 0 Å². The summed E-state index contributed by atoms with van der Waals surface area (Å²) in [6.45, 7) is 2.27. The second-order valence-corrected chi connectivity index (χ2v) is 13.8. The number of imide groups is 1. The molecule has 0 bridgehead atoms. The lowest BCUT2D eigenvalue weighted by atomic mass is 9.58. The quantitative estimate of drug-likeness (QED) is 0.0968. The molecule has 4 atom stereocenters. The van der Waals surface area contributed by atoms with Gasteiger partial charge in [-0.05, 0) is 119 Å². The van der Waals surface area contributed by atoms with Crippen LogP contribution in [0.4, 0.5) is 5.69 Å². The number of anilines is 1. The normalized spacial score (nSPS) is 22.3. The predicted octanol–water partition coefficient (Wildman–Crippen LogP) is 4.34. The van der Waals surface area contributed by atoms with Crippen LogP contribution in [0.1, 0.15) is 38.2 Å². The van der Waals surface area contributed by atoms with E-state index < -0.39 is 38.1 Å². The summed E-state index contributed by atoms with van der Waals surface area (Å²) in [5.74, 6) is -1.39. The van der Waals surface area contributed by atoms with E-state index in [1.54, 1.807) is 18.2 Å². The number of carbonyl (C=O) groups excluding carboxylic acids is 2. The minimum absolute atomic E-state index is 0.0962.